The second kappa shape index (κ2) is 5.42. The molecule has 0 unspecified atom stereocenters. The van der Waals surface area contributed by atoms with Crippen LogP contribution in [0.1, 0.15) is 11.5 Å². The number of aryl methyl sites for hydroxylation is 1. The monoisotopic (exact) mass is 265 g/mol. The van der Waals surface area contributed by atoms with Crippen LogP contribution in [0.15, 0.2) is 18.2 Å². The number of H-pyrrole nitrogens is 1. The van der Waals surface area contributed by atoms with E-state index < -0.39 is 0 Å². The Hall–Kier alpha value is -1.52. The summed E-state index contributed by atoms with van der Waals surface area (Å²) >= 11 is 6.12. The number of aromatic nitrogens is 2. The maximum absolute atomic E-state index is 6.12. The van der Waals surface area contributed by atoms with Gasteiger partial charge in [0.25, 0.3) is 0 Å². The predicted octanol–water partition coefficient (Wildman–Crippen LogP) is 2.77. The van der Waals surface area contributed by atoms with E-state index in [-0.39, 0.29) is 0 Å². The summed E-state index contributed by atoms with van der Waals surface area (Å²) in [5.41, 5.74) is 2.93. The first kappa shape index (κ1) is 12.9. The van der Waals surface area contributed by atoms with E-state index in [0.29, 0.717) is 17.3 Å². The van der Waals surface area contributed by atoms with E-state index in [1.54, 1.807) is 7.11 Å². The Kier molecular flexibility index (Phi) is 3.89. The second-order valence-electron chi connectivity index (χ2n) is 4.04. The Morgan fingerprint density at radius 2 is 2.22 bits per heavy atom. The minimum absolute atomic E-state index is 0.590. The van der Waals surface area contributed by atoms with Crippen LogP contribution in [-0.4, -0.2) is 24.1 Å². The van der Waals surface area contributed by atoms with Crippen molar-refractivity contribution >= 4 is 11.6 Å². The Balaban J connectivity index is 2.39. The summed E-state index contributed by atoms with van der Waals surface area (Å²) in [6.45, 7) is 2.71. The molecule has 0 aliphatic carbocycles. The molecule has 1 aromatic heterocycles. The lowest BCUT2D eigenvalue weighted by Gasteiger charge is -2.04. The zero-order valence-corrected chi connectivity index (χ0v) is 11.4. The Morgan fingerprint density at radius 3 is 2.83 bits per heavy atom. The number of hydrogen-bond donors (Lipinski definition) is 2. The number of ether oxygens (including phenoxy) is 1. The average Bonchev–Trinajstić information content (AvgIpc) is 2.71. The molecule has 2 aromatic rings. The molecule has 5 heteroatoms. The molecule has 0 saturated carbocycles. The zero-order chi connectivity index (χ0) is 13.1. The fraction of sp³-hybridized carbons (Fsp3) is 0.308. The van der Waals surface area contributed by atoms with E-state index in [1.807, 2.05) is 32.2 Å². The van der Waals surface area contributed by atoms with E-state index in [9.17, 15) is 0 Å². The molecule has 4 nitrogen and oxygen atoms in total. The van der Waals surface area contributed by atoms with Crippen LogP contribution < -0.4 is 10.1 Å². The highest BCUT2D eigenvalue weighted by molar-refractivity contribution is 6.32. The number of benzene rings is 1. The van der Waals surface area contributed by atoms with Crippen molar-refractivity contribution in [1.82, 2.24) is 15.3 Å². The van der Waals surface area contributed by atoms with Crippen LogP contribution in [0.2, 0.25) is 5.02 Å². The first-order valence-corrected chi connectivity index (χ1v) is 6.07. The van der Waals surface area contributed by atoms with Gasteiger partial charge in [-0.15, -0.1) is 0 Å². The van der Waals surface area contributed by atoms with Gasteiger partial charge in [0, 0.05) is 11.3 Å². The van der Waals surface area contributed by atoms with Gasteiger partial charge in [0.05, 0.1) is 24.4 Å². The molecule has 0 bridgehead atoms. The smallest absolute Gasteiger partial charge is 0.137 e. The number of imidazole rings is 1. The first-order valence-electron chi connectivity index (χ1n) is 5.69. The van der Waals surface area contributed by atoms with Crippen molar-refractivity contribution < 1.29 is 4.74 Å². The van der Waals surface area contributed by atoms with Gasteiger partial charge in [-0.25, -0.2) is 4.98 Å². The zero-order valence-electron chi connectivity index (χ0n) is 10.7. The average molecular weight is 266 g/mol. The van der Waals surface area contributed by atoms with Crippen molar-refractivity contribution in [3.8, 4) is 17.0 Å². The fourth-order valence-corrected chi connectivity index (χ4v) is 2.13. The number of nitrogens with zero attached hydrogens (tertiary/aromatic N) is 1. The molecule has 1 heterocycles. The maximum Gasteiger partial charge on any atom is 0.137 e. The molecule has 2 rings (SSSR count). The summed E-state index contributed by atoms with van der Waals surface area (Å²) in [5.74, 6) is 1.58. The van der Waals surface area contributed by atoms with E-state index in [1.165, 1.54) is 0 Å². The van der Waals surface area contributed by atoms with E-state index in [2.05, 4.69) is 15.3 Å². The number of methoxy groups -OCH3 is 1. The molecule has 0 radical (unpaired) electrons. The van der Waals surface area contributed by atoms with Crippen molar-refractivity contribution in [2.24, 2.45) is 0 Å². The van der Waals surface area contributed by atoms with Crippen molar-refractivity contribution in [1.29, 1.82) is 0 Å². The standard InChI is InChI=1S/C13H16ClN3O/c1-8-13(17-12(16-8)7-15-2)9-4-5-11(18-3)10(14)6-9/h4-6,15H,7H2,1-3H3,(H,16,17). The summed E-state index contributed by atoms with van der Waals surface area (Å²) in [7, 11) is 3.49. The van der Waals surface area contributed by atoms with Gasteiger partial charge in [0.15, 0.2) is 0 Å². The van der Waals surface area contributed by atoms with Gasteiger partial charge in [-0.3, -0.25) is 0 Å². The lowest BCUT2D eigenvalue weighted by atomic mass is 10.1. The van der Waals surface area contributed by atoms with Crippen LogP contribution in [0.4, 0.5) is 0 Å². The molecule has 0 atom stereocenters. The number of hydrogen-bond acceptors (Lipinski definition) is 3. The van der Waals surface area contributed by atoms with E-state index in [0.717, 1.165) is 22.8 Å². The summed E-state index contributed by atoms with van der Waals surface area (Å²) in [4.78, 5) is 7.79. The van der Waals surface area contributed by atoms with Crippen LogP contribution in [0.5, 0.6) is 5.75 Å². The lowest BCUT2D eigenvalue weighted by Crippen LogP contribution is -2.06. The summed E-state index contributed by atoms with van der Waals surface area (Å²) in [6, 6.07) is 5.67. The third-order valence-corrected chi connectivity index (χ3v) is 3.00. The third-order valence-electron chi connectivity index (χ3n) is 2.70. The van der Waals surface area contributed by atoms with Gasteiger partial charge in [0.1, 0.15) is 11.6 Å². The Labute approximate surface area is 111 Å². The Morgan fingerprint density at radius 1 is 1.44 bits per heavy atom. The molecule has 0 amide bonds. The predicted molar refractivity (Wildman–Crippen MR) is 73.1 cm³/mol. The first-order chi connectivity index (χ1) is 8.65. The molecule has 0 spiro atoms. The maximum atomic E-state index is 6.12. The largest absolute Gasteiger partial charge is 0.495 e. The van der Waals surface area contributed by atoms with Crippen molar-refractivity contribution in [3.63, 3.8) is 0 Å². The molecule has 18 heavy (non-hydrogen) atoms. The third kappa shape index (κ3) is 2.49. The molecular formula is C13H16ClN3O. The van der Waals surface area contributed by atoms with Gasteiger partial charge >= 0.3 is 0 Å². The quantitative estimate of drug-likeness (QED) is 0.894. The molecule has 0 aliphatic rings. The molecule has 1 aromatic carbocycles. The van der Waals surface area contributed by atoms with Crippen molar-refractivity contribution in [2.45, 2.75) is 13.5 Å². The lowest BCUT2D eigenvalue weighted by molar-refractivity contribution is 0.415. The van der Waals surface area contributed by atoms with Crippen LogP contribution in [-0.2, 0) is 6.54 Å². The number of nitrogens with one attached hydrogen (secondary N) is 2. The normalized spacial score (nSPS) is 10.7. The van der Waals surface area contributed by atoms with E-state index in [4.69, 9.17) is 16.3 Å². The summed E-state index contributed by atoms with van der Waals surface area (Å²) in [6.07, 6.45) is 0. The van der Waals surface area contributed by atoms with E-state index >= 15 is 0 Å². The number of halogens is 1. The second-order valence-corrected chi connectivity index (χ2v) is 4.44. The highest BCUT2D eigenvalue weighted by Crippen LogP contribution is 2.30. The van der Waals surface area contributed by atoms with Crippen molar-refractivity contribution in [3.05, 3.63) is 34.7 Å². The van der Waals surface area contributed by atoms with Gasteiger partial charge in [-0.1, -0.05) is 11.6 Å². The van der Waals surface area contributed by atoms with Crippen LogP contribution in [0, 0.1) is 6.92 Å². The van der Waals surface area contributed by atoms with Crippen LogP contribution >= 0.6 is 11.6 Å². The van der Waals surface area contributed by atoms with Crippen molar-refractivity contribution in [2.75, 3.05) is 14.2 Å². The SMILES string of the molecule is CNCc1nc(-c2ccc(OC)c(Cl)c2)c(C)[nH]1. The van der Waals surface area contributed by atoms with Gasteiger partial charge in [-0.2, -0.15) is 0 Å². The minimum atomic E-state index is 0.590. The van der Waals surface area contributed by atoms with Crippen LogP contribution in [0.3, 0.4) is 0 Å². The van der Waals surface area contributed by atoms with Gasteiger partial charge < -0.3 is 15.0 Å². The molecule has 0 saturated heterocycles. The highest BCUT2D eigenvalue weighted by Gasteiger charge is 2.10. The molecule has 0 aliphatic heterocycles. The highest BCUT2D eigenvalue weighted by atomic mass is 35.5. The summed E-state index contributed by atoms with van der Waals surface area (Å²) < 4.78 is 5.14. The molecule has 2 N–H and O–H groups in total. The minimum Gasteiger partial charge on any atom is -0.495 e. The molecule has 96 valence electrons. The fourth-order valence-electron chi connectivity index (χ4n) is 1.87. The molecule has 0 fully saturated rings. The van der Waals surface area contributed by atoms with Gasteiger partial charge in [-0.05, 0) is 32.2 Å². The van der Waals surface area contributed by atoms with Crippen LogP contribution in [0.25, 0.3) is 11.3 Å². The number of rotatable bonds is 4. The molecular weight excluding hydrogens is 250 g/mol. The Bertz CT molecular complexity index is 551. The summed E-state index contributed by atoms with van der Waals surface area (Å²) in [5, 5.41) is 3.66. The van der Waals surface area contributed by atoms with Gasteiger partial charge in [0.2, 0.25) is 0 Å². The topological polar surface area (TPSA) is 49.9 Å². The number of aromatic amines is 1.